The van der Waals surface area contributed by atoms with Gasteiger partial charge >= 0.3 is 0 Å². The molecule has 2 fully saturated rings. The molecule has 0 heterocycles. The molecule has 0 nitrogen and oxygen atoms in total. The van der Waals surface area contributed by atoms with Gasteiger partial charge < -0.3 is 0 Å². The number of fused-ring (bicyclic) bond motifs is 1. The minimum Gasteiger partial charge on any atom is -0.231 e. The van der Waals surface area contributed by atoms with Crippen LogP contribution in [0.1, 0.15) is 19.3 Å². The molecule has 0 radical (unpaired) electrons. The zero-order valence-corrected chi connectivity index (χ0v) is 6.12. The Kier molecular flexibility index (Phi) is 0.836. The monoisotopic (exact) mass is 178 g/mol. The minimum absolute atomic E-state index is 0.377. The molecule has 0 amide bonds. The van der Waals surface area contributed by atoms with Crippen molar-refractivity contribution in [3.8, 4) is 0 Å². The van der Waals surface area contributed by atoms with Crippen LogP contribution < -0.4 is 0 Å². The second-order valence-corrected chi connectivity index (χ2v) is 4.03. The van der Waals surface area contributed by atoms with Crippen molar-refractivity contribution in [2.24, 2.45) is 11.8 Å². The predicted molar refractivity (Wildman–Crippen MR) is 33.6 cm³/mol. The number of hydrogen-bond donors (Lipinski definition) is 0. The molecule has 0 aromatic heterocycles. The first-order valence-corrected chi connectivity index (χ1v) is 3.90. The molecule has 0 aromatic carbocycles. The van der Waals surface area contributed by atoms with Gasteiger partial charge in [-0.25, -0.2) is 4.39 Å². The molecule has 2 heteroatoms. The van der Waals surface area contributed by atoms with E-state index in [0.717, 1.165) is 12.8 Å². The summed E-state index contributed by atoms with van der Waals surface area (Å²) in [4.78, 5) is 0. The van der Waals surface area contributed by atoms with E-state index in [9.17, 15) is 4.39 Å². The normalized spacial score (nSPS) is 60.8. The molecular weight excluding hydrogens is 171 g/mol. The van der Waals surface area contributed by atoms with Crippen molar-refractivity contribution in [2.75, 3.05) is 0 Å². The quantitative estimate of drug-likeness (QED) is 0.501. The maximum atomic E-state index is 12.8. The highest BCUT2D eigenvalue weighted by molar-refractivity contribution is 9.10. The van der Waals surface area contributed by atoms with E-state index >= 15 is 0 Å². The fourth-order valence-corrected chi connectivity index (χ4v) is 2.77. The molecule has 0 saturated heterocycles. The second kappa shape index (κ2) is 1.28. The van der Waals surface area contributed by atoms with Crippen molar-refractivity contribution < 1.29 is 4.39 Å². The van der Waals surface area contributed by atoms with E-state index in [0.29, 0.717) is 11.8 Å². The van der Waals surface area contributed by atoms with Gasteiger partial charge in [0.1, 0.15) is 0 Å². The molecule has 2 saturated carbocycles. The topological polar surface area (TPSA) is 0 Å². The Morgan fingerprint density at radius 1 is 1.38 bits per heavy atom. The molecule has 0 spiro atoms. The zero-order valence-electron chi connectivity index (χ0n) is 4.53. The SMILES string of the molecule is FC1(Br)[C@@H]2CCC[C@@H]21. The van der Waals surface area contributed by atoms with Crippen LogP contribution in [0.4, 0.5) is 4.39 Å². The maximum absolute atomic E-state index is 12.8. The summed E-state index contributed by atoms with van der Waals surface area (Å²) in [6, 6.07) is 0. The van der Waals surface area contributed by atoms with Gasteiger partial charge in [0.2, 0.25) is 0 Å². The molecule has 0 N–H and O–H groups in total. The lowest BCUT2D eigenvalue weighted by atomic mass is 10.2. The van der Waals surface area contributed by atoms with Crippen LogP contribution in [0.5, 0.6) is 0 Å². The molecule has 0 aliphatic heterocycles. The first-order valence-electron chi connectivity index (χ1n) is 3.11. The lowest BCUT2D eigenvalue weighted by Crippen LogP contribution is -1.95. The largest absolute Gasteiger partial charge is 0.231 e. The standard InChI is InChI=1S/C6H8BrF/c7-6(8)4-2-1-3-5(4)6/h4-5H,1-3H2/t4-,5+,6?. The summed E-state index contributed by atoms with van der Waals surface area (Å²) in [5, 5.41) is 0. The molecule has 0 aromatic rings. The summed E-state index contributed by atoms with van der Waals surface area (Å²) >= 11 is 3.06. The van der Waals surface area contributed by atoms with E-state index in [1.807, 2.05) is 0 Å². The highest BCUT2D eigenvalue weighted by Gasteiger charge is 2.66. The lowest BCUT2D eigenvalue weighted by Gasteiger charge is -1.98. The summed E-state index contributed by atoms with van der Waals surface area (Å²) in [5.74, 6) is 0.755. The van der Waals surface area contributed by atoms with E-state index in [4.69, 9.17) is 0 Å². The number of rotatable bonds is 0. The van der Waals surface area contributed by atoms with Crippen molar-refractivity contribution in [1.29, 1.82) is 0 Å². The van der Waals surface area contributed by atoms with Gasteiger partial charge in [0.15, 0.2) is 4.58 Å². The minimum atomic E-state index is -0.925. The van der Waals surface area contributed by atoms with Crippen molar-refractivity contribution in [1.82, 2.24) is 0 Å². The number of hydrogen-bond acceptors (Lipinski definition) is 0. The van der Waals surface area contributed by atoms with Gasteiger partial charge in [0.05, 0.1) is 0 Å². The van der Waals surface area contributed by atoms with Gasteiger partial charge in [-0.3, -0.25) is 0 Å². The predicted octanol–water partition coefficient (Wildman–Crippen LogP) is 2.48. The molecule has 2 aliphatic rings. The van der Waals surface area contributed by atoms with Crippen LogP contribution in [-0.2, 0) is 0 Å². The van der Waals surface area contributed by atoms with Crippen LogP contribution in [0.15, 0.2) is 0 Å². The Morgan fingerprint density at radius 2 is 1.88 bits per heavy atom. The van der Waals surface area contributed by atoms with Gasteiger partial charge in [0, 0.05) is 11.8 Å². The molecular formula is C6H8BrF. The molecule has 2 rings (SSSR count). The van der Waals surface area contributed by atoms with Gasteiger partial charge in [-0.2, -0.15) is 0 Å². The Hall–Kier alpha value is 0.410. The summed E-state index contributed by atoms with van der Waals surface area (Å²) in [7, 11) is 0. The fraction of sp³-hybridized carbons (Fsp3) is 1.00. The molecule has 3 atom stereocenters. The Balaban J connectivity index is 2.13. The van der Waals surface area contributed by atoms with Crippen molar-refractivity contribution in [3.05, 3.63) is 0 Å². The number of alkyl halides is 2. The summed E-state index contributed by atoms with van der Waals surface area (Å²) in [5.41, 5.74) is 0. The van der Waals surface area contributed by atoms with Crippen LogP contribution >= 0.6 is 15.9 Å². The zero-order chi connectivity index (χ0) is 5.78. The molecule has 46 valence electrons. The summed E-state index contributed by atoms with van der Waals surface area (Å²) in [6.07, 6.45) is 3.45. The highest BCUT2D eigenvalue weighted by atomic mass is 79.9. The Morgan fingerprint density at radius 3 is 2.12 bits per heavy atom. The van der Waals surface area contributed by atoms with Crippen LogP contribution in [0.25, 0.3) is 0 Å². The van der Waals surface area contributed by atoms with E-state index < -0.39 is 4.58 Å². The number of halogens is 2. The van der Waals surface area contributed by atoms with Gasteiger partial charge in [0.25, 0.3) is 0 Å². The van der Waals surface area contributed by atoms with E-state index in [1.54, 1.807) is 0 Å². The summed E-state index contributed by atoms with van der Waals surface area (Å²) < 4.78 is 11.9. The van der Waals surface area contributed by atoms with Crippen LogP contribution in [0.2, 0.25) is 0 Å². The third-order valence-corrected chi connectivity index (χ3v) is 3.57. The molecule has 8 heavy (non-hydrogen) atoms. The van der Waals surface area contributed by atoms with Crippen molar-refractivity contribution in [2.45, 2.75) is 23.8 Å². The Labute approximate surface area is 56.6 Å². The average molecular weight is 179 g/mol. The average Bonchev–Trinajstić information content (AvgIpc) is 2.22. The van der Waals surface area contributed by atoms with Gasteiger partial charge in [-0.05, 0) is 28.8 Å². The van der Waals surface area contributed by atoms with E-state index in [1.165, 1.54) is 6.42 Å². The Bertz CT molecular complexity index is 110. The van der Waals surface area contributed by atoms with Crippen LogP contribution in [0, 0.1) is 11.8 Å². The van der Waals surface area contributed by atoms with Crippen LogP contribution in [-0.4, -0.2) is 4.58 Å². The van der Waals surface area contributed by atoms with Crippen LogP contribution in [0.3, 0.4) is 0 Å². The van der Waals surface area contributed by atoms with E-state index in [2.05, 4.69) is 15.9 Å². The van der Waals surface area contributed by atoms with E-state index in [-0.39, 0.29) is 0 Å². The maximum Gasteiger partial charge on any atom is 0.171 e. The molecule has 1 unspecified atom stereocenters. The fourth-order valence-electron chi connectivity index (χ4n) is 1.81. The van der Waals surface area contributed by atoms with Crippen molar-refractivity contribution >= 4 is 15.9 Å². The molecule has 0 bridgehead atoms. The second-order valence-electron chi connectivity index (χ2n) is 2.82. The third-order valence-electron chi connectivity index (χ3n) is 2.40. The summed E-state index contributed by atoms with van der Waals surface area (Å²) in [6.45, 7) is 0. The van der Waals surface area contributed by atoms with Gasteiger partial charge in [-0.15, -0.1) is 0 Å². The molecule has 2 aliphatic carbocycles. The highest BCUT2D eigenvalue weighted by Crippen LogP contribution is 2.66. The first kappa shape index (κ1) is 5.21. The van der Waals surface area contributed by atoms with Crippen molar-refractivity contribution in [3.63, 3.8) is 0 Å². The van der Waals surface area contributed by atoms with Gasteiger partial charge in [-0.1, -0.05) is 6.42 Å². The smallest absolute Gasteiger partial charge is 0.171 e. The first-order chi connectivity index (χ1) is 3.73. The lowest BCUT2D eigenvalue weighted by molar-refractivity contribution is 0.368. The third kappa shape index (κ3) is 0.450.